The van der Waals surface area contributed by atoms with Crippen LogP contribution in [0.1, 0.15) is 38.7 Å². The summed E-state index contributed by atoms with van der Waals surface area (Å²) in [5.74, 6) is -1.19. The lowest BCUT2D eigenvalue weighted by Crippen LogP contribution is -2.30. The molecule has 1 aromatic rings. The minimum Gasteiger partial charge on any atom is -0.409 e. The predicted molar refractivity (Wildman–Crippen MR) is 78.7 cm³/mol. The molecule has 3 N–H and O–H groups in total. The van der Waals surface area contributed by atoms with Crippen LogP contribution < -0.4 is 10.6 Å². The molecule has 0 atom stereocenters. The van der Waals surface area contributed by atoms with Gasteiger partial charge in [-0.1, -0.05) is 19.0 Å². The lowest BCUT2D eigenvalue weighted by Gasteiger charge is -2.26. The minimum atomic E-state index is -0.674. The van der Waals surface area contributed by atoms with E-state index in [1.54, 1.807) is 4.90 Å². The van der Waals surface area contributed by atoms with Gasteiger partial charge in [-0.3, -0.25) is 0 Å². The van der Waals surface area contributed by atoms with Crippen LogP contribution in [0.2, 0.25) is 0 Å². The third kappa shape index (κ3) is 3.62. The molecule has 2 rings (SSSR count). The van der Waals surface area contributed by atoms with E-state index >= 15 is 0 Å². The van der Waals surface area contributed by atoms with Crippen LogP contribution in [-0.4, -0.2) is 23.6 Å². The third-order valence-corrected chi connectivity index (χ3v) is 3.64. The van der Waals surface area contributed by atoms with Gasteiger partial charge in [-0.05, 0) is 37.3 Å². The summed E-state index contributed by atoms with van der Waals surface area (Å²) >= 11 is 0. The smallest absolute Gasteiger partial charge is 0.170 e. The monoisotopic (exact) mass is 297 g/mol. The normalized spacial score (nSPS) is 15.6. The summed E-state index contributed by atoms with van der Waals surface area (Å²) in [7, 11) is 0. The number of amidine groups is 1. The van der Waals surface area contributed by atoms with Crippen LogP contribution in [0.3, 0.4) is 0 Å². The van der Waals surface area contributed by atoms with Crippen LogP contribution >= 0.6 is 0 Å². The highest BCUT2D eigenvalue weighted by molar-refractivity contribution is 5.97. The maximum atomic E-state index is 14.3. The third-order valence-electron chi connectivity index (χ3n) is 3.64. The maximum absolute atomic E-state index is 14.3. The Hall–Kier alpha value is -1.85. The van der Waals surface area contributed by atoms with E-state index in [-0.39, 0.29) is 23.1 Å². The van der Waals surface area contributed by atoms with E-state index in [0.717, 1.165) is 31.4 Å². The molecule has 0 saturated heterocycles. The molecule has 1 saturated carbocycles. The van der Waals surface area contributed by atoms with Crippen molar-refractivity contribution in [1.29, 1.82) is 0 Å². The van der Waals surface area contributed by atoms with Gasteiger partial charge in [0.1, 0.15) is 17.3 Å². The standard InChI is InChI=1S/C15H21F2N3O/c1-9(2)5-6-20(11-3-4-11)14-12(16)7-10(8-13(14)17)15(18)19-21/h7-9,11,21H,3-6H2,1-2H3,(H2,18,19). The lowest BCUT2D eigenvalue weighted by molar-refractivity contribution is 0.318. The number of benzene rings is 1. The van der Waals surface area contributed by atoms with Gasteiger partial charge in [0.15, 0.2) is 5.84 Å². The van der Waals surface area contributed by atoms with Gasteiger partial charge in [0.2, 0.25) is 0 Å². The van der Waals surface area contributed by atoms with Gasteiger partial charge in [0.25, 0.3) is 0 Å². The molecule has 0 aromatic heterocycles. The molecule has 1 aliphatic carbocycles. The van der Waals surface area contributed by atoms with Crippen LogP contribution in [0.5, 0.6) is 0 Å². The number of hydrogen-bond donors (Lipinski definition) is 2. The van der Waals surface area contributed by atoms with Crippen molar-refractivity contribution in [2.75, 3.05) is 11.4 Å². The zero-order valence-electron chi connectivity index (χ0n) is 12.3. The second kappa shape index (κ2) is 6.28. The number of hydrogen-bond acceptors (Lipinski definition) is 3. The lowest BCUT2D eigenvalue weighted by atomic mass is 10.1. The van der Waals surface area contributed by atoms with E-state index < -0.39 is 11.6 Å². The van der Waals surface area contributed by atoms with Gasteiger partial charge in [-0.15, -0.1) is 0 Å². The highest BCUT2D eigenvalue weighted by Crippen LogP contribution is 2.35. The summed E-state index contributed by atoms with van der Waals surface area (Å²) in [6.07, 6.45) is 2.79. The molecule has 1 aromatic carbocycles. The fraction of sp³-hybridized carbons (Fsp3) is 0.533. The number of rotatable bonds is 6. The molecule has 0 spiro atoms. The van der Waals surface area contributed by atoms with Crippen LogP contribution in [0.15, 0.2) is 17.3 Å². The summed E-state index contributed by atoms with van der Waals surface area (Å²) in [5, 5.41) is 11.4. The fourth-order valence-electron chi connectivity index (χ4n) is 2.31. The fourth-order valence-corrected chi connectivity index (χ4v) is 2.31. The van der Waals surface area contributed by atoms with E-state index in [1.807, 2.05) is 0 Å². The zero-order chi connectivity index (χ0) is 15.6. The molecular weight excluding hydrogens is 276 g/mol. The largest absolute Gasteiger partial charge is 0.409 e. The SMILES string of the molecule is CC(C)CCN(c1c(F)cc(C(N)=NO)cc1F)C1CC1. The Morgan fingerprint density at radius 2 is 1.95 bits per heavy atom. The zero-order valence-corrected chi connectivity index (χ0v) is 12.3. The minimum absolute atomic E-state index is 0.00682. The molecule has 6 heteroatoms. The Kier molecular flexibility index (Phi) is 4.65. The number of nitrogens with zero attached hydrogens (tertiary/aromatic N) is 2. The van der Waals surface area contributed by atoms with Crippen LogP contribution in [0.25, 0.3) is 0 Å². The molecule has 0 radical (unpaired) electrons. The van der Waals surface area contributed by atoms with E-state index in [1.165, 1.54) is 0 Å². The molecule has 21 heavy (non-hydrogen) atoms. The van der Waals surface area contributed by atoms with E-state index in [4.69, 9.17) is 10.9 Å². The molecule has 1 fully saturated rings. The number of halogens is 2. The van der Waals surface area contributed by atoms with Crippen LogP contribution in [0.4, 0.5) is 14.5 Å². The van der Waals surface area contributed by atoms with Crippen molar-refractivity contribution >= 4 is 11.5 Å². The molecule has 116 valence electrons. The van der Waals surface area contributed by atoms with Gasteiger partial charge in [0.05, 0.1) is 0 Å². The second-order valence-corrected chi connectivity index (χ2v) is 5.88. The second-order valence-electron chi connectivity index (χ2n) is 5.88. The van der Waals surface area contributed by atoms with Crippen molar-refractivity contribution in [2.45, 2.75) is 39.2 Å². The Labute approximate surface area is 123 Å². The van der Waals surface area contributed by atoms with Crippen molar-refractivity contribution in [2.24, 2.45) is 16.8 Å². The van der Waals surface area contributed by atoms with Gasteiger partial charge >= 0.3 is 0 Å². The van der Waals surface area contributed by atoms with Crippen LogP contribution in [0, 0.1) is 17.6 Å². The van der Waals surface area contributed by atoms with Crippen molar-refractivity contribution < 1.29 is 14.0 Å². The average molecular weight is 297 g/mol. The summed E-state index contributed by atoms with van der Waals surface area (Å²) in [6.45, 7) is 4.79. The predicted octanol–water partition coefficient (Wildman–Crippen LogP) is 3.07. The van der Waals surface area contributed by atoms with E-state index in [2.05, 4.69) is 19.0 Å². The van der Waals surface area contributed by atoms with Gasteiger partial charge in [-0.2, -0.15) is 0 Å². The molecule has 0 bridgehead atoms. The first-order valence-corrected chi connectivity index (χ1v) is 7.17. The van der Waals surface area contributed by atoms with Crippen molar-refractivity contribution in [1.82, 2.24) is 0 Å². The first-order valence-electron chi connectivity index (χ1n) is 7.17. The first-order chi connectivity index (χ1) is 9.93. The topological polar surface area (TPSA) is 61.8 Å². The molecular formula is C15H21F2N3O. The highest BCUT2D eigenvalue weighted by Gasteiger charge is 2.32. The van der Waals surface area contributed by atoms with Gasteiger partial charge in [-0.25, -0.2) is 8.78 Å². The number of anilines is 1. The molecule has 4 nitrogen and oxygen atoms in total. The van der Waals surface area contributed by atoms with Gasteiger partial charge in [0, 0.05) is 18.2 Å². The first kappa shape index (κ1) is 15.5. The van der Waals surface area contributed by atoms with Gasteiger partial charge < -0.3 is 15.8 Å². The average Bonchev–Trinajstić information content (AvgIpc) is 3.24. The quantitative estimate of drug-likeness (QED) is 0.367. The molecule has 0 heterocycles. The van der Waals surface area contributed by atoms with E-state index in [0.29, 0.717) is 12.5 Å². The number of oxime groups is 1. The van der Waals surface area contributed by atoms with Crippen molar-refractivity contribution in [3.05, 3.63) is 29.3 Å². The molecule has 0 amide bonds. The molecule has 1 aliphatic rings. The maximum Gasteiger partial charge on any atom is 0.170 e. The van der Waals surface area contributed by atoms with E-state index in [9.17, 15) is 8.78 Å². The molecule has 0 unspecified atom stereocenters. The summed E-state index contributed by atoms with van der Waals surface area (Å²) in [5.41, 5.74) is 5.41. The highest BCUT2D eigenvalue weighted by atomic mass is 19.1. The summed E-state index contributed by atoms with van der Waals surface area (Å²) < 4.78 is 28.6. The Morgan fingerprint density at radius 3 is 2.38 bits per heavy atom. The Morgan fingerprint density at radius 1 is 1.38 bits per heavy atom. The van der Waals surface area contributed by atoms with Crippen molar-refractivity contribution in [3.63, 3.8) is 0 Å². The number of nitrogens with two attached hydrogens (primary N) is 1. The Bertz CT molecular complexity index is 519. The Balaban J connectivity index is 2.32. The summed E-state index contributed by atoms with van der Waals surface area (Å²) in [4.78, 5) is 1.81. The van der Waals surface area contributed by atoms with Crippen molar-refractivity contribution in [3.8, 4) is 0 Å². The van der Waals surface area contributed by atoms with Crippen LogP contribution in [-0.2, 0) is 0 Å². The molecule has 0 aliphatic heterocycles. The summed E-state index contributed by atoms with van der Waals surface area (Å²) in [6, 6.07) is 2.43.